The van der Waals surface area contributed by atoms with Crippen molar-refractivity contribution in [3.63, 3.8) is 0 Å². The molecule has 1 aliphatic heterocycles. The summed E-state index contributed by atoms with van der Waals surface area (Å²) < 4.78 is 0. The Morgan fingerprint density at radius 2 is 2.36 bits per heavy atom. The summed E-state index contributed by atoms with van der Waals surface area (Å²) in [6.45, 7) is 0.758. The van der Waals surface area contributed by atoms with Crippen LogP contribution in [-0.4, -0.2) is 17.4 Å². The van der Waals surface area contributed by atoms with E-state index in [2.05, 4.69) is 10.3 Å². The second kappa shape index (κ2) is 3.65. The normalized spacial score (nSPS) is 21.7. The number of anilines is 1. The van der Waals surface area contributed by atoms with Crippen LogP contribution in [0.4, 0.5) is 5.82 Å². The molecule has 0 aromatic carbocycles. The number of hydrogen-bond donors (Lipinski definition) is 2. The molecule has 1 amide bonds. The van der Waals surface area contributed by atoms with Crippen LogP contribution in [0.3, 0.4) is 0 Å². The van der Waals surface area contributed by atoms with Crippen molar-refractivity contribution in [2.24, 2.45) is 0 Å². The predicted molar refractivity (Wildman–Crippen MR) is 53.6 cm³/mol. The highest BCUT2D eigenvalue weighted by Gasteiger charge is 2.20. The lowest BCUT2D eigenvalue weighted by atomic mass is 9.91. The molecule has 0 spiro atoms. The molecule has 1 fully saturated rings. The predicted octanol–water partition coefficient (Wildman–Crippen LogP) is 0.657. The SMILES string of the molecule is Nc1ccc([C@@H]2CCNC(=O)C2)cn1. The number of pyridine rings is 1. The molecule has 0 saturated carbocycles. The van der Waals surface area contributed by atoms with Gasteiger partial charge in [0, 0.05) is 19.2 Å². The van der Waals surface area contributed by atoms with E-state index in [1.54, 1.807) is 12.3 Å². The quantitative estimate of drug-likeness (QED) is 0.685. The molecular formula is C10H13N3O. The molecule has 1 atom stereocenters. The third-order valence-corrected chi connectivity index (χ3v) is 2.53. The molecule has 4 heteroatoms. The van der Waals surface area contributed by atoms with Crippen LogP contribution >= 0.6 is 0 Å². The Kier molecular flexibility index (Phi) is 2.35. The van der Waals surface area contributed by atoms with E-state index in [9.17, 15) is 4.79 Å². The maximum absolute atomic E-state index is 11.2. The van der Waals surface area contributed by atoms with Crippen LogP contribution in [0, 0.1) is 0 Å². The fraction of sp³-hybridized carbons (Fsp3) is 0.400. The number of aromatic nitrogens is 1. The molecule has 0 aliphatic carbocycles. The van der Waals surface area contributed by atoms with Crippen molar-refractivity contribution in [1.82, 2.24) is 10.3 Å². The van der Waals surface area contributed by atoms with Gasteiger partial charge in [-0.2, -0.15) is 0 Å². The van der Waals surface area contributed by atoms with Crippen molar-refractivity contribution < 1.29 is 4.79 Å². The van der Waals surface area contributed by atoms with Crippen LogP contribution in [-0.2, 0) is 4.79 Å². The van der Waals surface area contributed by atoms with Gasteiger partial charge in [0.05, 0.1) is 0 Å². The van der Waals surface area contributed by atoms with Gasteiger partial charge in [0.15, 0.2) is 0 Å². The largest absolute Gasteiger partial charge is 0.384 e. The molecule has 2 heterocycles. The highest BCUT2D eigenvalue weighted by Crippen LogP contribution is 2.25. The van der Waals surface area contributed by atoms with E-state index in [0.717, 1.165) is 18.5 Å². The number of hydrogen-bond acceptors (Lipinski definition) is 3. The first-order valence-electron chi connectivity index (χ1n) is 4.74. The van der Waals surface area contributed by atoms with E-state index in [-0.39, 0.29) is 5.91 Å². The van der Waals surface area contributed by atoms with Crippen molar-refractivity contribution in [3.8, 4) is 0 Å². The average Bonchev–Trinajstić information content (AvgIpc) is 2.19. The van der Waals surface area contributed by atoms with Gasteiger partial charge in [0.25, 0.3) is 0 Å². The molecule has 1 aromatic rings. The van der Waals surface area contributed by atoms with Crippen LogP contribution < -0.4 is 11.1 Å². The zero-order chi connectivity index (χ0) is 9.97. The fourth-order valence-electron chi connectivity index (χ4n) is 1.73. The van der Waals surface area contributed by atoms with E-state index in [4.69, 9.17) is 5.73 Å². The summed E-state index contributed by atoms with van der Waals surface area (Å²) in [5.41, 5.74) is 6.60. The van der Waals surface area contributed by atoms with E-state index >= 15 is 0 Å². The minimum atomic E-state index is 0.123. The molecule has 14 heavy (non-hydrogen) atoms. The molecule has 0 bridgehead atoms. The lowest BCUT2D eigenvalue weighted by Gasteiger charge is -2.21. The summed E-state index contributed by atoms with van der Waals surface area (Å²) in [6.07, 6.45) is 3.31. The Bertz CT molecular complexity index is 334. The van der Waals surface area contributed by atoms with Crippen molar-refractivity contribution in [2.75, 3.05) is 12.3 Å². The number of nitrogens with one attached hydrogen (secondary N) is 1. The Morgan fingerprint density at radius 1 is 1.50 bits per heavy atom. The Labute approximate surface area is 82.5 Å². The summed E-state index contributed by atoms with van der Waals surface area (Å²) in [5.74, 6) is 0.948. The molecule has 4 nitrogen and oxygen atoms in total. The molecule has 0 unspecified atom stereocenters. The van der Waals surface area contributed by atoms with Crippen LogP contribution in [0.5, 0.6) is 0 Å². The summed E-state index contributed by atoms with van der Waals surface area (Å²) in [6, 6.07) is 3.73. The molecule has 74 valence electrons. The summed E-state index contributed by atoms with van der Waals surface area (Å²) >= 11 is 0. The summed E-state index contributed by atoms with van der Waals surface area (Å²) in [5, 5.41) is 2.81. The molecular weight excluding hydrogens is 178 g/mol. The van der Waals surface area contributed by atoms with Gasteiger partial charge in [-0.3, -0.25) is 4.79 Å². The first-order chi connectivity index (χ1) is 6.75. The molecule has 1 aromatic heterocycles. The van der Waals surface area contributed by atoms with Crippen molar-refractivity contribution >= 4 is 11.7 Å². The minimum Gasteiger partial charge on any atom is -0.384 e. The van der Waals surface area contributed by atoms with Crippen molar-refractivity contribution in [1.29, 1.82) is 0 Å². The summed E-state index contributed by atoms with van der Waals surface area (Å²) in [7, 11) is 0. The van der Waals surface area contributed by atoms with Crippen molar-refractivity contribution in [3.05, 3.63) is 23.9 Å². The first-order valence-corrected chi connectivity index (χ1v) is 4.74. The lowest BCUT2D eigenvalue weighted by Crippen LogP contribution is -2.32. The lowest BCUT2D eigenvalue weighted by molar-refractivity contribution is -0.122. The second-order valence-corrected chi connectivity index (χ2v) is 3.56. The average molecular weight is 191 g/mol. The zero-order valence-electron chi connectivity index (χ0n) is 7.86. The number of amides is 1. The molecule has 2 rings (SSSR count). The Hall–Kier alpha value is -1.58. The van der Waals surface area contributed by atoms with Gasteiger partial charge in [-0.1, -0.05) is 6.07 Å². The molecule has 1 saturated heterocycles. The zero-order valence-corrected chi connectivity index (χ0v) is 7.86. The summed E-state index contributed by atoms with van der Waals surface area (Å²) in [4.78, 5) is 15.2. The number of nitrogens with zero attached hydrogens (tertiary/aromatic N) is 1. The van der Waals surface area contributed by atoms with Gasteiger partial charge in [-0.05, 0) is 24.0 Å². The van der Waals surface area contributed by atoms with Gasteiger partial charge in [0.2, 0.25) is 5.91 Å². The maximum atomic E-state index is 11.2. The number of piperidine rings is 1. The first kappa shape index (κ1) is 8.99. The topological polar surface area (TPSA) is 68.0 Å². The maximum Gasteiger partial charge on any atom is 0.220 e. The number of carbonyl (C=O) groups excluding carboxylic acids is 1. The van der Waals surface area contributed by atoms with Crippen LogP contribution in [0.15, 0.2) is 18.3 Å². The monoisotopic (exact) mass is 191 g/mol. The highest BCUT2D eigenvalue weighted by atomic mass is 16.1. The van der Waals surface area contributed by atoms with Gasteiger partial charge < -0.3 is 11.1 Å². The smallest absolute Gasteiger partial charge is 0.220 e. The fourth-order valence-corrected chi connectivity index (χ4v) is 1.73. The Morgan fingerprint density at radius 3 is 3.00 bits per heavy atom. The highest BCUT2D eigenvalue weighted by molar-refractivity contribution is 5.77. The third-order valence-electron chi connectivity index (χ3n) is 2.53. The third kappa shape index (κ3) is 1.84. The van der Waals surface area contributed by atoms with E-state index in [0.29, 0.717) is 18.2 Å². The molecule has 1 aliphatic rings. The van der Waals surface area contributed by atoms with Gasteiger partial charge >= 0.3 is 0 Å². The number of nitrogen functional groups attached to an aromatic ring is 1. The molecule has 0 radical (unpaired) electrons. The second-order valence-electron chi connectivity index (χ2n) is 3.56. The standard InChI is InChI=1S/C10H13N3O/c11-9-2-1-8(6-13-9)7-3-4-12-10(14)5-7/h1-2,6-7H,3-5H2,(H2,11,13)(H,12,14)/t7-/m1/s1. The van der Waals surface area contributed by atoms with E-state index in [1.807, 2.05) is 6.07 Å². The van der Waals surface area contributed by atoms with Gasteiger partial charge in [0.1, 0.15) is 5.82 Å². The van der Waals surface area contributed by atoms with Gasteiger partial charge in [-0.15, -0.1) is 0 Å². The van der Waals surface area contributed by atoms with Crippen molar-refractivity contribution in [2.45, 2.75) is 18.8 Å². The van der Waals surface area contributed by atoms with Crippen LogP contribution in [0.1, 0.15) is 24.3 Å². The van der Waals surface area contributed by atoms with E-state index in [1.165, 1.54) is 0 Å². The Balaban J connectivity index is 2.14. The molecule has 3 N–H and O–H groups in total. The van der Waals surface area contributed by atoms with Gasteiger partial charge in [-0.25, -0.2) is 4.98 Å². The van der Waals surface area contributed by atoms with Crippen LogP contribution in [0.25, 0.3) is 0 Å². The van der Waals surface area contributed by atoms with E-state index < -0.39 is 0 Å². The van der Waals surface area contributed by atoms with Crippen LogP contribution in [0.2, 0.25) is 0 Å². The number of rotatable bonds is 1. The number of nitrogens with two attached hydrogens (primary N) is 1. The minimum absolute atomic E-state index is 0.123. The number of carbonyl (C=O) groups is 1.